The number of fused-ring (bicyclic) bond motifs is 1. The Bertz CT molecular complexity index is 1000. The van der Waals surface area contributed by atoms with Gasteiger partial charge in [0, 0.05) is 13.1 Å². The van der Waals surface area contributed by atoms with Crippen molar-refractivity contribution in [1.82, 2.24) is 10.2 Å². The third-order valence-electron chi connectivity index (χ3n) is 6.04. The van der Waals surface area contributed by atoms with Crippen molar-refractivity contribution >= 4 is 12.0 Å². The number of amides is 2. The molecule has 1 N–H and O–H groups in total. The van der Waals surface area contributed by atoms with Gasteiger partial charge in [0.1, 0.15) is 6.04 Å². The largest absolute Gasteiger partial charge is 0.436 e. The van der Waals surface area contributed by atoms with Gasteiger partial charge in [0.25, 0.3) is 5.91 Å². The van der Waals surface area contributed by atoms with Crippen LogP contribution in [0.3, 0.4) is 0 Å². The maximum Gasteiger partial charge on any atom is 0.410 e. The maximum absolute atomic E-state index is 12.9. The van der Waals surface area contributed by atoms with E-state index < -0.39 is 24.1 Å². The summed E-state index contributed by atoms with van der Waals surface area (Å²) in [5, 5.41) is 12.2. The van der Waals surface area contributed by atoms with Crippen molar-refractivity contribution in [3.8, 4) is 6.07 Å². The monoisotopic (exact) mass is 447 g/mol. The van der Waals surface area contributed by atoms with Crippen LogP contribution in [0.15, 0.2) is 54.6 Å². The van der Waals surface area contributed by atoms with Crippen molar-refractivity contribution in [1.29, 1.82) is 5.26 Å². The first-order valence-electron chi connectivity index (χ1n) is 11.5. The van der Waals surface area contributed by atoms with Gasteiger partial charge < -0.3 is 19.7 Å². The van der Waals surface area contributed by atoms with E-state index in [1.165, 1.54) is 5.56 Å². The number of nitrogens with zero attached hydrogens (tertiary/aromatic N) is 2. The van der Waals surface area contributed by atoms with Crippen LogP contribution in [0.25, 0.3) is 0 Å². The predicted octanol–water partition coefficient (Wildman–Crippen LogP) is 3.58. The molecule has 0 aromatic heterocycles. The first-order chi connectivity index (χ1) is 16.1. The molecule has 1 fully saturated rings. The van der Waals surface area contributed by atoms with Crippen LogP contribution < -0.4 is 5.32 Å². The second-order valence-corrected chi connectivity index (χ2v) is 8.68. The van der Waals surface area contributed by atoms with Crippen LogP contribution in [0.1, 0.15) is 36.0 Å². The molecule has 0 radical (unpaired) electrons. The number of rotatable bonds is 9. The lowest BCUT2D eigenvalue weighted by Gasteiger charge is -2.30. The Balaban J connectivity index is 1.30. The number of nitrogens with one attached hydrogen (secondary N) is 1. The van der Waals surface area contributed by atoms with Crippen LogP contribution in [-0.2, 0) is 33.8 Å². The second kappa shape index (κ2) is 11.0. The maximum atomic E-state index is 12.9. The van der Waals surface area contributed by atoms with Crippen LogP contribution in [-0.4, -0.2) is 42.2 Å². The van der Waals surface area contributed by atoms with Crippen molar-refractivity contribution in [2.24, 2.45) is 5.92 Å². The molecule has 2 aromatic rings. The van der Waals surface area contributed by atoms with Crippen molar-refractivity contribution in [3.05, 3.63) is 71.3 Å². The van der Waals surface area contributed by atoms with E-state index in [0.717, 1.165) is 30.4 Å². The summed E-state index contributed by atoms with van der Waals surface area (Å²) in [4.78, 5) is 27.4. The van der Waals surface area contributed by atoms with E-state index in [1.807, 2.05) is 48.5 Å². The van der Waals surface area contributed by atoms with Gasteiger partial charge >= 0.3 is 6.09 Å². The summed E-state index contributed by atoms with van der Waals surface area (Å²) in [6, 6.07) is 18.9. The third-order valence-corrected chi connectivity index (χ3v) is 6.04. The number of benzene rings is 2. The van der Waals surface area contributed by atoms with E-state index in [2.05, 4.69) is 17.5 Å². The van der Waals surface area contributed by atoms with Crippen LogP contribution in [0.4, 0.5) is 4.79 Å². The van der Waals surface area contributed by atoms with E-state index in [4.69, 9.17) is 9.47 Å². The summed E-state index contributed by atoms with van der Waals surface area (Å²) < 4.78 is 11.3. The van der Waals surface area contributed by atoms with Gasteiger partial charge in [0.2, 0.25) is 0 Å². The zero-order valence-corrected chi connectivity index (χ0v) is 18.6. The van der Waals surface area contributed by atoms with E-state index in [1.54, 1.807) is 4.90 Å². The molecule has 4 rings (SSSR count). The lowest BCUT2D eigenvalue weighted by molar-refractivity contribution is -0.131. The normalized spacial score (nSPS) is 16.8. The number of ether oxygens (including phenoxy) is 2. The van der Waals surface area contributed by atoms with Crippen molar-refractivity contribution in [2.45, 2.75) is 51.0 Å². The fourth-order valence-corrected chi connectivity index (χ4v) is 3.96. The molecule has 1 aliphatic carbocycles. The Hall–Kier alpha value is -3.37. The summed E-state index contributed by atoms with van der Waals surface area (Å²) >= 11 is 0. The lowest BCUT2D eigenvalue weighted by Crippen LogP contribution is -2.47. The van der Waals surface area contributed by atoms with E-state index >= 15 is 0 Å². The van der Waals surface area contributed by atoms with E-state index in [0.29, 0.717) is 32.0 Å². The molecule has 2 aliphatic rings. The minimum atomic E-state index is -0.910. The van der Waals surface area contributed by atoms with Gasteiger partial charge in [0.05, 0.1) is 19.3 Å². The smallest absolute Gasteiger partial charge is 0.410 e. The molecule has 0 saturated heterocycles. The Morgan fingerprint density at radius 2 is 1.82 bits per heavy atom. The molecule has 1 saturated carbocycles. The average Bonchev–Trinajstić information content (AvgIpc) is 3.67. The highest BCUT2D eigenvalue weighted by Crippen LogP contribution is 2.34. The van der Waals surface area contributed by atoms with Crippen molar-refractivity contribution in [2.75, 3.05) is 13.2 Å². The summed E-state index contributed by atoms with van der Waals surface area (Å²) in [6.45, 7) is 1.44. The van der Waals surface area contributed by atoms with Gasteiger partial charge in [-0.1, -0.05) is 67.4 Å². The average molecular weight is 448 g/mol. The molecule has 0 spiro atoms. The van der Waals surface area contributed by atoms with Crippen LogP contribution in [0.5, 0.6) is 0 Å². The quantitative estimate of drug-likeness (QED) is 0.634. The first-order valence-corrected chi connectivity index (χ1v) is 11.5. The van der Waals surface area contributed by atoms with Gasteiger partial charge in [-0.2, -0.15) is 5.26 Å². The second-order valence-electron chi connectivity index (χ2n) is 8.68. The summed E-state index contributed by atoms with van der Waals surface area (Å²) in [6.07, 6.45) is 1.90. The zero-order valence-electron chi connectivity index (χ0n) is 18.6. The number of hydrogen-bond acceptors (Lipinski definition) is 5. The lowest BCUT2D eigenvalue weighted by atomic mass is 10.0. The summed E-state index contributed by atoms with van der Waals surface area (Å²) in [5.74, 6) is -0.0620. The van der Waals surface area contributed by atoms with Gasteiger partial charge in [0.15, 0.2) is 6.10 Å². The Morgan fingerprint density at radius 1 is 1.09 bits per heavy atom. The van der Waals surface area contributed by atoms with Crippen LogP contribution in [0, 0.1) is 17.2 Å². The fraction of sp³-hybridized carbons (Fsp3) is 0.423. The number of carbonyl (C=O) groups excluding carboxylic acids is 2. The molecular weight excluding hydrogens is 418 g/mol. The highest BCUT2D eigenvalue weighted by Gasteiger charge is 2.34. The Kier molecular flexibility index (Phi) is 7.59. The molecule has 0 unspecified atom stereocenters. The number of hydrogen-bond donors (Lipinski definition) is 1. The van der Waals surface area contributed by atoms with Gasteiger partial charge in [-0.25, -0.2) is 4.79 Å². The van der Waals surface area contributed by atoms with Crippen LogP contribution >= 0.6 is 0 Å². The fourth-order valence-electron chi connectivity index (χ4n) is 3.96. The molecule has 1 aliphatic heterocycles. The molecule has 172 valence electrons. The highest BCUT2D eigenvalue weighted by molar-refractivity contribution is 5.84. The van der Waals surface area contributed by atoms with Gasteiger partial charge in [-0.3, -0.25) is 4.79 Å². The number of nitriles is 1. The van der Waals surface area contributed by atoms with Crippen LogP contribution in [0.2, 0.25) is 0 Å². The Morgan fingerprint density at radius 3 is 2.55 bits per heavy atom. The highest BCUT2D eigenvalue weighted by atomic mass is 16.6. The van der Waals surface area contributed by atoms with E-state index in [-0.39, 0.29) is 6.61 Å². The molecule has 2 amide bonds. The van der Waals surface area contributed by atoms with Gasteiger partial charge in [-0.15, -0.1) is 0 Å². The minimum Gasteiger partial charge on any atom is -0.436 e. The van der Waals surface area contributed by atoms with E-state index in [9.17, 15) is 14.9 Å². The topological polar surface area (TPSA) is 91.7 Å². The SMILES string of the molecule is N#C[C@H](COCc1ccccc1)NC(=O)[C@H](CC1CC1)OC(=O)N1CCc2ccccc2C1. The molecule has 2 atom stereocenters. The molecule has 7 nitrogen and oxygen atoms in total. The molecule has 1 heterocycles. The Labute approximate surface area is 194 Å². The molecule has 0 bridgehead atoms. The van der Waals surface area contributed by atoms with Gasteiger partial charge in [-0.05, 0) is 35.4 Å². The molecular formula is C26H29N3O4. The third kappa shape index (κ3) is 6.56. The minimum absolute atomic E-state index is 0.0597. The number of carbonyl (C=O) groups is 2. The summed E-state index contributed by atoms with van der Waals surface area (Å²) in [7, 11) is 0. The predicted molar refractivity (Wildman–Crippen MR) is 122 cm³/mol. The first kappa shape index (κ1) is 22.8. The standard InChI is InChI=1S/C26H29N3O4/c27-15-23(18-32-17-20-6-2-1-3-7-20)28-25(30)24(14-19-10-11-19)33-26(31)29-13-12-21-8-4-5-9-22(21)16-29/h1-9,19,23-24H,10-14,16-18H2,(H,28,30)/t23-,24+/m1/s1. The molecule has 7 heteroatoms. The summed E-state index contributed by atoms with van der Waals surface area (Å²) in [5.41, 5.74) is 3.33. The van der Waals surface area contributed by atoms with Crippen molar-refractivity contribution < 1.29 is 19.1 Å². The van der Waals surface area contributed by atoms with Crippen molar-refractivity contribution in [3.63, 3.8) is 0 Å². The molecule has 33 heavy (non-hydrogen) atoms. The zero-order chi connectivity index (χ0) is 23.0. The molecule has 2 aromatic carbocycles.